The van der Waals surface area contributed by atoms with Crippen LogP contribution < -0.4 is 5.73 Å². The highest BCUT2D eigenvalue weighted by atomic mass is 16.2. The molecule has 2 saturated heterocycles. The maximum Gasteiger partial charge on any atom is 0.244 e. The van der Waals surface area contributed by atoms with Gasteiger partial charge in [0.15, 0.2) is 5.96 Å². The largest absolute Gasteiger partial charge is 0.370 e. The average molecular weight is 266 g/mol. The van der Waals surface area contributed by atoms with E-state index in [9.17, 15) is 4.79 Å². The van der Waals surface area contributed by atoms with Crippen LogP contribution in [0.25, 0.3) is 0 Å². The van der Waals surface area contributed by atoms with Crippen LogP contribution in [0.2, 0.25) is 0 Å². The first kappa shape index (κ1) is 14.2. The van der Waals surface area contributed by atoms with Crippen LogP contribution in [-0.2, 0) is 4.79 Å². The molecule has 0 spiro atoms. The van der Waals surface area contributed by atoms with E-state index in [0.717, 1.165) is 57.8 Å². The highest BCUT2D eigenvalue weighted by molar-refractivity contribution is 5.84. The van der Waals surface area contributed by atoms with Gasteiger partial charge < -0.3 is 15.5 Å². The molecular formula is C14H26N4O. The van der Waals surface area contributed by atoms with Crippen LogP contribution >= 0.6 is 0 Å². The van der Waals surface area contributed by atoms with Gasteiger partial charge in [0.05, 0.1) is 0 Å². The minimum absolute atomic E-state index is 0.119. The van der Waals surface area contributed by atoms with Crippen molar-refractivity contribution in [2.24, 2.45) is 16.6 Å². The van der Waals surface area contributed by atoms with Crippen molar-refractivity contribution in [1.29, 1.82) is 0 Å². The van der Waals surface area contributed by atoms with Crippen molar-refractivity contribution in [2.45, 2.75) is 39.0 Å². The molecule has 0 aliphatic carbocycles. The lowest BCUT2D eigenvalue weighted by Gasteiger charge is -2.31. The lowest BCUT2D eigenvalue weighted by molar-refractivity contribution is -0.130. The van der Waals surface area contributed by atoms with Crippen LogP contribution in [0.5, 0.6) is 0 Å². The Labute approximate surface area is 115 Å². The van der Waals surface area contributed by atoms with Crippen LogP contribution in [-0.4, -0.2) is 54.4 Å². The fourth-order valence-electron chi connectivity index (χ4n) is 2.73. The molecule has 0 unspecified atom stereocenters. The standard InChI is InChI=1S/C14H26N4O/c1-12-5-9-18(10-6-12)14(15)16-11-13(19)17-7-3-2-4-8-17/h12H,2-11H2,1H3,(H2,15,16). The minimum Gasteiger partial charge on any atom is -0.370 e. The molecule has 5 heteroatoms. The molecule has 2 rings (SSSR count). The summed E-state index contributed by atoms with van der Waals surface area (Å²) in [6, 6.07) is 0. The summed E-state index contributed by atoms with van der Waals surface area (Å²) in [5.41, 5.74) is 5.98. The van der Waals surface area contributed by atoms with E-state index in [1.54, 1.807) is 0 Å². The van der Waals surface area contributed by atoms with Crippen molar-refractivity contribution < 1.29 is 4.79 Å². The van der Waals surface area contributed by atoms with E-state index < -0.39 is 0 Å². The topological polar surface area (TPSA) is 61.9 Å². The lowest BCUT2D eigenvalue weighted by atomic mass is 10.00. The summed E-state index contributed by atoms with van der Waals surface area (Å²) in [4.78, 5) is 20.3. The predicted molar refractivity (Wildman–Crippen MR) is 76.9 cm³/mol. The third kappa shape index (κ3) is 4.11. The monoisotopic (exact) mass is 266 g/mol. The molecule has 2 fully saturated rings. The van der Waals surface area contributed by atoms with Gasteiger partial charge in [-0.25, -0.2) is 4.99 Å². The molecule has 2 heterocycles. The lowest BCUT2D eigenvalue weighted by Crippen LogP contribution is -2.43. The zero-order chi connectivity index (χ0) is 13.7. The van der Waals surface area contributed by atoms with Crippen LogP contribution in [0.15, 0.2) is 4.99 Å². The van der Waals surface area contributed by atoms with Crippen molar-refractivity contribution in [2.75, 3.05) is 32.7 Å². The summed E-state index contributed by atoms with van der Waals surface area (Å²) < 4.78 is 0. The van der Waals surface area contributed by atoms with Crippen molar-refractivity contribution >= 4 is 11.9 Å². The molecule has 0 aromatic carbocycles. The number of hydrogen-bond donors (Lipinski definition) is 1. The van der Waals surface area contributed by atoms with Crippen molar-refractivity contribution in [3.8, 4) is 0 Å². The third-order valence-corrected chi connectivity index (χ3v) is 4.19. The fraction of sp³-hybridized carbons (Fsp3) is 0.857. The minimum atomic E-state index is 0.119. The summed E-state index contributed by atoms with van der Waals surface area (Å²) in [5.74, 6) is 1.43. The number of hydrogen-bond acceptors (Lipinski definition) is 2. The number of guanidine groups is 1. The van der Waals surface area contributed by atoms with Gasteiger partial charge in [-0.05, 0) is 38.0 Å². The number of carbonyl (C=O) groups excluding carboxylic acids is 1. The van der Waals surface area contributed by atoms with E-state index in [2.05, 4.69) is 16.8 Å². The van der Waals surface area contributed by atoms with Crippen LogP contribution in [0.4, 0.5) is 0 Å². The molecule has 0 bridgehead atoms. The Kier molecular flexibility index (Phi) is 5.05. The van der Waals surface area contributed by atoms with Gasteiger partial charge in [0.2, 0.25) is 5.91 Å². The van der Waals surface area contributed by atoms with E-state index in [0.29, 0.717) is 5.96 Å². The molecule has 108 valence electrons. The van der Waals surface area contributed by atoms with E-state index in [1.807, 2.05) is 4.90 Å². The van der Waals surface area contributed by atoms with Crippen molar-refractivity contribution in [1.82, 2.24) is 9.80 Å². The molecule has 2 aliphatic rings. The Morgan fingerprint density at radius 1 is 1.11 bits per heavy atom. The zero-order valence-electron chi connectivity index (χ0n) is 12.0. The average Bonchev–Trinajstić information content (AvgIpc) is 2.46. The number of rotatable bonds is 2. The van der Waals surface area contributed by atoms with E-state index in [1.165, 1.54) is 6.42 Å². The number of likely N-dealkylation sites (tertiary alicyclic amines) is 2. The van der Waals surface area contributed by atoms with E-state index in [-0.39, 0.29) is 12.5 Å². The normalized spacial score (nSPS) is 22.7. The number of nitrogens with two attached hydrogens (primary N) is 1. The van der Waals surface area contributed by atoms with Gasteiger partial charge in [-0.2, -0.15) is 0 Å². The van der Waals surface area contributed by atoms with Gasteiger partial charge in [0.1, 0.15) is 6.54 Å². The SMILES string of the molecule is CC1CCN(C(N)=NCC(=O)N2CCCCC2)CC1. The molecule has 0 aromatic rings. The molecule has 19 heavy (non-hydrogen) atoms. The number of nitrogens with zero attached hydrogens (tertiary/aromatic N) is 3. The van der Waals surface area contributed by atoms with Gasteiger partial charge in [0.25, 0.3) is 0 Å². The number of carbonyl (C=O) groups is 1. The smallest absolute Gasteiger partial charge is 0.244 e. The molecule has 2 aliphatic heterocycles. The Balaban J connectivity index is 1.78. The summed E-state index contributed by atoms with van der Waals surface area (Å²) in [6.45, 7) is 6.18. The first-order valence-corrected chi connectivity index (χ1v) is 7.49. The van der Waals surface area contributed by atoms with Crippen molar-refractivity contribution in [3.63, 3.8) is 0 Å². The second kappa shape index (κ2) is 6.78. The molecule has 0 radical (unpaired) electrons. The molecule has 0 saturated carbocycles. The summed E-state index contributed by atoms with van der Waals surface area (Å²) in [7, 11) is 0. The molecule has 2 N–H and O–H groups in total. The Morgan fingerprint density at radius 3 is 2.37 bits per heavy atom. The first-order chi connectivity index (χ1) is 9.16. The second-order valence-corrected chi connectivity index (χ2v) is 5.79. The third-order valence-electron chi connectivity index (χ3n) is 4.19. The molecule has 5 nitrogen and oxygen atoms in total. The zero-order valence-corrected chi connectivity index (χ0v) is 12.0. The Bertz CT molecular complexity index is 328. The Morgan fingerprint density at radius 2 is 1.74 bits per heavy atom. The summed E-state index contributed by atoms with van der Waals surface area (Å²) in [5, 5.41) is 0. The first-order valence-electron chi connectivity index (χ1n) is 7.49. The Hall–Kier alpha value is -1.26. The number of aliphatic imine (C=N–C) groups is 1. The molecule has 1 amide bonds. The second-order valence-electron chi connectivity index (χ2n) is 5.79. The van der Waals surface area contributed by atoms with Gasteiger partial charge in [-0.15, -0.1) is 0 Å². The number of amides is 1. The highest BCUT2D eigenvalue weighted by Gasteiger charge is 2.19. The summed E-state index contributed by atoms with van der Waals surface area (Å²) in [6.07, 6.45) is 5.80. The molecule has 0 aromatic heterocycles. The summed E-state index contributed by atoms with van der Waals surface area (Å²) >= 11 is 0. The van der Waals surface area contributed by atoms with Crippen LogP contribution in [0.3, 0.4) is 0 Å². The predicted octanol–water partition coefficient (Wildman–Crippen LogP) is 1.05. The maximum atomic E-state index is 12.0. The van der Waals surface area contributed by atoms with Crippen molar-refractivity contribution in [3.05, 3.63) is 0 Å². The van der Waals surface area contributed by atoms with E-state index in [4.69, 9.17) is 5.73 Å². The van der Waals surface area contributed by atoms with Crippen LogP contribution in [0.1, 0.15) is 39.0 Å². The van der Waals surface area contributed by atoms with Gasteiger partial charge in [-0.1, -0.05) is 6.92 Å². The van der Waals surface area contributed by atoms with Gasteiger partial charge >= 0.3 is 0 Å². The maximum absolute atomic E-state index is 12.0. The number of piperidine rings is 2. The highest BCUT2D eigenvalue weighted by Crippen LogP contribution is 2.15. The van der Waals surface area contributed by atoms with Gasteiger partial charge in [-0.3, -0.25) is 4.79 Å². The molecule has 0 atom stereocenters. The van der Waals surface area contributed by atoms with E-state index >= 15 is 0 Å². The fourth-order valence-corrected chi connectivity index (χ4v) is 2.73. The van der Waals surface area contributed by atoms with Crippen LogP contribution in [0, 0.1) is 5.92 Å². The molecular weight excluding hydrogens is 240 g/mol. The quantitative estimate of drug-likeness (QED) is 0.600. The van der Waals surface area contributed by atoms with Gasteiger partial charge in [0, 0.05) is 26.2 Å².